The molecule has 0 aromatic carbocycles. The summed E-state index contributed by atoms with van der Waals surface area (Å²) in [5.74, 6) is 0. The van der Waals surface area contributed by atoms with Gasteiger partial charge in [0.1, 0.15) is 0 Å². The van der Waals surface area contributed by atoms with Crippen molar-refractivity contribution in [1.82, 2.24) is 0 Å². The van der Waals surface area contributed by atoms with Crippen LogP contribution in [0.5, 0.6) is 0 Å². The van der Waals surface area contributed by atoms with Crippen LogP contribution < -0.4 is 0 Å². The zero-order chi connectivity index (χ0) is 6.78. The lowest BCUT2D eigenvalue weighted by molar-refractivity contribution is 1.43. The normalized spacial score (nSPS) is 14.4. The van der Waals surface area contributed by atoms with Crippen molar-refractivity contribution < 1.29 is 0 Å². The lowest BCUT2D eigenvalue weighted by Crippen LogP contribution is -1.99. The van der Waals surface area contributed by atoms with Gasteiger partial charge in [-0.2, -0.15) is 12.6 Å². The minimum Gasteiger partial charge on any atom is -0.150 e. The maximum Gasteiger partial charge on any atom is 0.226 e. The van der Waals surface area contributed by atoms with E-state index in [4.69, 9.17) is 46.4 Å². The van der Waals surface area contributed by atoms with E-state index >= 15 is 0 Å². The Morgan fingerprint density at radius 3 is 1.75 bits per heavy atom. The number of allylic oxidation sites excluding steroid dienone is 1. The predicted octanol–water partition coefficient (Wildman–Crippen LogP) is 3.37. The zero-order valence-corrected chi connectivity index (χ0v) is 7.45. The molecule has 0 aromatic heterocycles. The highest BCUT2D eigenvalue weighted by Gasteiger charge is 2.23. The molecule has 0 spiro atoms. The number of hydrogen-bond acceptors (Lipinski definition) is 1. The summed E-state index contributed by atoms with van der Waals surface area (Å²) in [6.45, 7) is 0. The molecule has 0 unspecified atom stereocenters. The van der Waals surface area contributed by atoms with Gasteiger partial charge in [0.25, 0.3) is 0 Å². The Balaban J connectivity index is 4.03. The second kappa shape index (κ2) is 3.43. The van der Waals surface area contributed by atoms with Gasteiger partial charge in [-0.25, -0.2) is 0 Å². The van der Waals surface area contributed by atoms with E-state index in [2.05, 4.69) is 12.6 Å². The average Bonchev–Trinajstić information content (AvgIpc) is 1.62. The summed E-state index contributed by atoms with van der Waals surface area (Å²) >= 11 is 24.8. The first kappa shape index (κ1) is 9.25. The van der Waals surface area contributed by atoms with Crippen LogP contribution in [0.25, 0.3) is 0 Å². The molecular weight excluding hydrogens is 210 g/mol. The Morgan fingerprint density at radius 1 is 1.38 bits per heavy atom. The van der Waals surface area contributed by atoms with Crippen LogP contribution in [0.4, 0.5) is 0 Å². The maximum atomic E-state index is 5.33. The van der Waals surface area contributed by atoms with Crippen LogP contribution >= 0.6 is 59.0 Å². The summed E-state index contributed by atoms with van der Waals surface area (Å²) in [5.41, 5.74) is 0. The third-order valence-corrected chi connectivity index (χ3v) is 2.09. The SMILES string of the molecule is SC=C(Cl)C(Cl)(Cl)Cl. The van der Waals surface area contributed by atoms with Crippen molar-refractivity contribution in [2.45, 2.75) is 3.79 Å². The van der Waals surface area contributed by atoms with Gasteiger partial charge in [-0.05, 0) is 5.41 Å². The molecule has 0 rings (SSSR count). The van der Waals surface area contributed by atoms with Crippen molar-refractivity contribution >= 4 is 59.0 Å². The zero-order valence-electron chi connectivity index (χ0n) is 3.54. The van der Waals surface area contributed by atoms with Crippen LogP contribution in [-0.4, -0.2) is 3.79 Å². The third-order valence-electron chi connectivity index (χ3n) is 0.384. The van der Waals surface area contributed by atoms with E-state index in [1.165, 1.54) is 5.41 Å². The van der Waals surface area contributed by atoms with Crippen molar-refractivity contribution in [1.29, 1.82) is 0 Å². The van der Waals surface area contributed by atoms with Crippen LogP contribution in [-0.2, 0) is 0 Å². The minimum absolute atomic E-state index is 0.0887. The standard InChI is InChI=1S/C3H2Cl4S/c4-2(1-8)3(5,6)7/h1,8H. The molecule has 0 aliphatic heterocycles. The van der Waals surface area contributed by atoms with E-state index in [-0.39, 0.29) is 5.03 Å². The van der Waals surface area contributed by atoms with E-state index in [0.717, 1.165) is 0 Å². The van der Waals surface area contributed by atoms with Gasteiger partial charge in [-0.15, -0.1) is 0 Å². The molecule has 0 bridgehead atoms. The molecule has 0 aromatic rings. The second-order valence-corrected chi connectivity index (χ2v) is 3.92. The summed E-state index contributed by atoms with van der Waals surface area (Å²) in [4.78, 5) is 0. The fourth-order valence-electron chi connectivity index (χ4n) is 0.0732. The van der Waals surface area contributed by atoms with Gasteiger partial charge in [-0.1, -0.05) is 46.4 Å². The summed E-state index contributed by atoms with van der Waals surface area (Å²) in [6, 6.07) is 0. The van der Waals surface area contributed by atoms with Crippen LogP contribution in [0.2, 0.25) is 0 Å². The molecule has 48 valence electrons. The molecule has 0 radical (unpaired) electrons. The van der Waals surface area contributed by atoms with Gasteiger partial charge in [0, 0.05) is 0 Å². The van der Waals surface area contributed by atoms with Gasteiger partial charge >= 0.3 is 0 Å². The number of hydrogen-bond donors (Lipinski definition) is 1. The first-order valence-electron chi connectivity index (χ1n) is 1.55. The quantitative estimate of drug-likeness (QED) is 0.461. The first-order chi connectivity index (χ1) is 3.48. The number of alkyl halides is 3. The molecule has 0 saturated carbocycles. The molecule has 0 amide bonds. The Kier molecular flexibility index (Phi) is 3.96. The van der Waals surface area contributed by atoms with Crippen molar-refractivity contribution in [2.24, 2.45) is 0 Å². The topological polar surface area (TPSA) is 0 Å². The maximum absolute atomic E-state index is 5.33. The molecule has 0 aliphatic carbocycles. The van der Waals surface area contributed by atoms with Crippen molar-refractivity contribution in [2.75, 3.05) is 0 Å². The largest absolute Gasteiger partial charge is 0.226 e. The molecule has 0 N–H and O–H groups in total. The molecule has 8 heavy (non-hydrogen) atoms. The van der Waals surface area contributed by atoms with Gasteiger partial charge in [-0.3, -0.25) is 0 Å². The lowest BCUT2D eigenvalue weighted by Gasteiger charge is -2.06. The van der Waals surface area contributed by atoms with Crippen LogP contribution in [0.15, 0.2) is 10.4 Å². The smallest absolute Gasteiger partial charge is 0.150 e. The van der Waals surface area contributed by atoms with Crippen LogP contribution in [0, 0.1) is 0 Å². The average molecular weight is 212 g/mol. The van der Waals surface area contributed by atoms with Gasteiger partial charge in [0.05, 0.1) is 5.03 Å². The highest BCUT2D eigenvalue weighted by molar-refractivity contribution is 7.83. The second-order valence-electron chi connectivity index (χ2n) is 0.975. The number of rotatable bonds is 0. The molecule has 0 nitrogen and oxygen atoms in total. The summed E-state index contributed by atoms with van der Waals surface area (Å²) in [6.07, 6.45) is 0. The molecule has 5 heteroatoms. The summed E-state index contributed by atoms with van der Waals surface area (Å²) < 4.78 is -1.52. The molecule has 0 heterocycles. The molecule has 0 aliphatic rings. The van der Waals surface area contributed by atoms with E-state index in [1.807, 2.05) is 0 Å². The van der Waals surface area contributed by atoms with Gasteiger partial charge in [0.2, 0.25) is 3.79 Å². The van der Waals surface area contributed by atoms with Crippen LogP contribution in [0.1, 0.15) is 0 Å². The Bertz CT molecular complexity index is 102. The highest BCUT2D eigenvalue weighted by atomic mass is 35.6. The number of thiol groups is 1. The Labute approximate surface area is 73.1 Å². The van der Waals surface area contributed by atoms with E-state index in [9.17, 15) is 0 Å². The Morgan fingerprint density at radius 2 is 1.75 bits per heavy atom. The third kappa shape index (κ3) is 3.31. The summed E-state index contributed by atoms with van der Waals surface area (Å²) in [7, 11) is 0. The molecular formula is C3H2Cl4S. The van der Waals surface area contributed by atoms with E-state index in [0.29, 0.717) is 0 Å². The van der Waals surface area contributed by atoms with Crippen molar-refractivity contribution in [3.05, 3.63) is 10.4 Å². The van der Waals surface area contributed by atoms with Gasteiger partial charge < -0.3 is 0 Å². The molecule has 0 fully saturated rings. The molecule has 0 saturated heterocycles. The highest BCUT2D eigenvalue weighted by Crippen LogP contribution is 2.36. The fraction of sp³-hybridized carbons (Fsp3) is 0.333. The van der Waals surface area contributed by atoms with Crippen LogP contribution in [0.3, 0.4) is 0 Å². The first-order valence-corrected chi connectivity index (χ1v) is 3.58. The number of halogens is 4. The molecule has 0 atom stereocenters. The Hall–Kier alpha value is 1.25. The summed E-state index contributed by atoms with van der Waals surface area (Å²) in [5, 5.41) is 1.32. The van der Waals surface area contributed by atoms with Gasteiger partial charge in [0.15, 0.2) is 0 Å². The van der Waals surface area contributed by atoms with E-state index in [1.54, 1.807) is 0 Å². The lowest BCUT2D eigenvalue weighted by atomic mass is 10.7. The van der Waals surface area contributed by atoms with Crippen molar-refractivity contribution in [3.8, 4) is 0 Å². The van der Waals surface area contributed by atoms with Crippen molar-refractivity contribution in [3.63, 3.8) is 0 Å². The monoisotopic (exact) mass is 210 g/mol. The predicted molar refractivity (Wildman–Crippen MR) is 43.2 cm³/mol. The minimum atomic E-state index is -1.52. The van der Waals surface area contributed by atoms with E-state index < -0.39 is 3.79 Å². The fourth-order valence-corrected chi connectivity index (χ4v) is 0.659.